The molecule has 0 radical (unpaired) electrons. The van der Waals surface area contributed by atoms with E-state index < -0.39 is 15.9 Å². The lowest BCUT2D eigenvalue weighted by atomic mass is 10.1. The molecule has 0 saturated carbocycles. The number of nitrogen functional groups attached to an aromatic ring is 1. The number of ether oxygens (including phenoxy) is 1. The summed E-state index contributed by atoms with van der Waals surface area (Å²) in [7, 11) is -2.71. The van der Waals surface area contributed by atoms with E-state index in [1.54, 1.807) is 30.3 Å². The van der Waals surface area contributed by atoms with Gasteiger partial charge in [-0.15, -0.1) is 0 Å². The third-order valence-corrected chi connectivity index (χ3v) is 6.99. The van der Waals surface area contributed by atoms with Crippen LogP contribution in [-0.4, -0.2) is 48.5 Å². The van der Waals surface area contributed by atoms with Crippen molar-refractivity contribution in [3.05, 3.63) is 54.1 Å². The molecule has 2 atom stereocenters. The Kier molecular flexibility index (Phi) is 6.38. The van der Waals surface area contributed by atoms with Gasteiger partial charge in [-0.3, -0.25) is 4.79 Å². The van der Waals surface area contributed by atoms with E-state index in [0.717, 1.165) is 12.8 Å². The van der Waals surface area contributed by atoms with E-state index in [4.69, 9.17) is 15.5 Å². The molecule has 1 aliphatic rings. The lowest BCUT2D eigenvalue weighted by Gasteiger charge is -2.29. The number of amides is 1. The van der Waals surface area contributed by atoms with E-state index >= 15 is 0 Å². The fourth-order valence-corrected chi connectivity index (χ4v) is 5.00. The van der Waals surface area contributed by atoms with Crippen LogP contribution in [0.1, 0.15) is 39.9 Å². The number of carbonyl (C=O) groups excluding carboxylic acids is 1. The summed E-state index contributed by atoms with van der Waals surface area (Å²) in [5, 5.41) is -0.338. The first-order valence-electron chi connectivity index (χ1n) is 10.8. The number of sulfonamides is 1. The number of nitrogens with two attached hydrogens (primary N) is 1. The van der Waals surface area contributed by atoms with Crippen molar-refractivity contribution in [3.63, 3.8) is 0 Å². The third kappa shape index (κ3) is 4.65. The van der Waals surface area contributed by atoms with Crippen molar-refractivity contribution in [3.8, 4) is 17.3 Å². The van der Waals surface area contributed by atoms with E-state index in [1.165, 1.54) is 25.3 Å². The Labute approximate surface area is 201 Å². The van der Waals surface area contributed by atoms with Gasteiger partial charge in [0.1, 0.15) is 11.6 Å². The lowest BCUT2D eigenvalue weighted by molar-refractivity contribution is 0.0981. The summed E-state index contributed by atoms with van der Waals surface area (Å²) >= 11 is 0. The molecule has 0 aromatic carbocycles. The van der Waals surface area contributed by atoms with Crippen LogP contribution in [0.15, 0.2) is 53.6 Å². The van der Waals surface area contributed by atoms with Gasteiger partial charge in [-0.25, -0.2) is 19.7 Å². The van der Waals surface area contributed by atoms with E-state index in [1.807, 2.05) is 4.90 Å². The Hall–Kier alpha value is -3.73. The van der Waals surface area contributed by atoms with Crippen LogP contribution >= 0.6 is 0 Å². The largest absolute Gasteiger partial charge is 0.481 e. The van der Waals surface area contributed by atoms with Gasteiger partial charge in [-0.05, 0) is 57.0 Å². The summed E-state index contributed by atoms with van der Waals surface area (Å²) in [5.74, 6) is 0.0647. The number of rotatable bonds is 6. The molecule has 182 valence electrons. The van der Waals surface area contributed by atoms with E-state index in [9.17, 15) is 13.2 Å². The minimum absolute atomic E-state index is 0. The number of nitrogens with one attached hydrogen (secondary N) is 1. The van der Waals surface area contributed by atoms with Crippen LogP contribution in [0.3, 0.4) is 0 Å². The topological polar surface area (TPSA) is 140 Å². The predicted octanol–water partition coefficient (Wildman–Crippen LogP) is 3.12. The highest BCUT2D eigenvalue weighted by molar-refractivity contribution is 7.90. The molecule has 0 aliphatic carbocycles. The summed E-state index contributed by atoms with van der Waals surface area (Å²) in [4.78, 5) is 28.3. The quantitative estimate of drug-likeness (QED) is 0.537. The fraction of sp³-hybridized carbons (Fsp3) is 0.304. The van der Waals surface area contributed by atoms with Crippen LogP contribution in [-0.2, 0) is 10.0 Å². The maximum Gasteiger partial charge on any atom is 0.281 e. The number of aromatic nitrogens is 3. The molecule has 4 heterocycles. The number of hydrogen-bond acceptors (Lipinski definition) is 9. The Morgan fingerprint density at radius 2 is 1.71 bits per heavy atom. The number of nitrogens with zero attached hydrogens (tertiary/aromatic N) is 4. The average molecular weight is 487 g/mol. The Balaban J connectivity index is 0.00000228. The van der Waals surface area contributed by atoms with Crippen LogP contribution in [0.5, 0.6) is 5.88 Å². The van der Waals surface area contributed by atoms with Crippen LogP contribution in [0, 0.1) is 0 Å². The van der Waals surface area contributed by atoms with Crippen LogP contribution < -0.4 is 20.1 Å². The molecule has 3 aromatic heterocycles. The second kappa shape index (κ2) is 9.26. The minimum atomic E-state index is -4.23. The van der Waals surface area contributed by atoms with E-state index in [0.29, 0.717) is 23.1 Å². The Morgan fingerprint density at radius 1 is 1.03 bits per heavy atom. The Morgan fingerprint density at radius 3 is 2.38 bits per heavy atom. The second-order valence-electron chi connectivity index (χ2n) is 8.15. The van der Waals surface area contributed by atoms with Crippen molar-refractivity contribution >= 4 is 27.6 Å². The summed E-state index contributed by atoms with van der Waals surface area (Å²) < 4.78 is 32.9. The first kappa shape index (κ1) is 23.4. The Bertz CT molecular complexity index is 1330. The SMILES string of the molecule is COc1cccc(-c2ccc(C(=O)NS(=O)(=O)c3cccc(N)n3)c(N3[C@H](C)CC[C@@H]3C)n2)n1.[HH].[HH]. The summed E-state index contributed by atoms with van der Waals surface area (Å²) in [6, 6.07) is 13.0. The molecule has 3 aromatic rings. The lowest BCUT2D eigenvalue weighted by Crippen LogP contribution is -2.37. The van der Waals surface area contributed by atoms with Crippen molar-refractivity contribution in [2.24, 2.45) is 0 Å². The van der Waals surface area contributed by atoms with Crippen molar-refractivity contribution in [2.45, 2.75) is 43.8 Å². The van der Waals surface area contributed by atoms with Crippen molar-refractivity contribution < 1.29 is 20.8 Å². The highest BCUT2D eigenvalue weighted by Crippen LogP contribution is 2.33. The maximum atomic E-state index is 13.2. The van der Waals surface area contributed by atoms with Gasteiger partial charge >= 0.3 is 0 Å². The average Bonchev–Trinajstić information content (AvgIpc) is 3.16. The van der Waals surface area contributed by atoms with Gasteiger partial charge in [0.2, 0.25) is 5.88 Å². The molecule has 11 heteroatoms. The molecule has 1 amide bonds. The highest BCUT2D eigenvalue weighted by Gasteiger charge is 2.33. The normalized spacial score (nSPS) is 18.0. The number of pyridine rings is 3. The zero-order valence-electron chi connectivity index (χ0n) is 19.1. The summed E-state index contributed by atoms with van der Waals surface area (Å²) in [5.41, 5.74) is 6.86. The molecule has 3 N–H and O–H groups in total. The zero-order valence-corrected chi connectivity index (χ0v) is 19.9. The zero-order chi connectivity index (χ0) is 24.5. The summed E-state index contributed by atoms with van der Waals surface area (Å²) in [6.45, 7) is 4.10. The van der Waals surface area contributed by atoms with Crippen LogP contribution in [0.4, 0.5) is 11.6 Å². The first-order chi connectivity index (χ1) is 16.2. The molecule has 1 fully saturated rings. The standard InChI is InChI=1S/C23H26N6O4S.2H2/c1-14-10-11-15(2)29(14)22-16(12-13-18(26-22)17-6-4-8-20(25-17)33-3)23(30)28-34(31,32)21-9-5-7-19(24)27-21;;/h4-9,12-15H,10-11H2,1-3H3,(H2,24,27)(H,28,30);2*1H/t14-,15+;;. The molecule has 0 bridgehead atoms. The third-order valence-electron chi connectivity index (χ3n) is 5.76. The minimum Gasteiger partial charge on any atom is -0.481 e. The van der Waals surface area contributed by atoms with E-state index in [-0.39, 0.29) is 31.3 Å². The van der Waals surface area contributed by atoms with Gasteiger partial charge in [-0.2, -0.15) is 8.42 Å². The number of carbonyl (C=O) groups is 1. The van der Waals surface area contributed by atoms with Gasteiger partial charge in [0.05, 0.1) is 24.1 Å². The van der Waals surface area contributed by atoms with Crippen LogP contribution in [0.2, 0.25) is 0 Å². The van der Waals surface area contributed by atoms with Gasteiger partial charge in [0.15, 0.2) is 5.03 Å². The van der Waals surface area contributed by atoms with Crippen molar-refractivity contribution in [1.29, 1.82) is 0 Å². The van der Waals surface area contributed by atoms with Crippen molar-refractivity contribution in [2.75, 3.05) is 17.7 Å². The molecule has 10 nitrogen and oxygen atoms in total. The fourth-order valence-electron chi connectivity index (χ4n) is 4.06. The van der Waals surface area contributed by atoms with E-state index in [2.05, 4.69) is 28.5 Å². The first-order valence-corrected chi connectivity index (χ1v) is 12.3. The van der Waals surface area contributed by atoms with Gasteiger partial charge in [-0.1, -0.05) is 12.1 Å². The predicted molar refractivity (Wildman–Crippen MR) is 132 cm³/mol. The van der Waals surface area contributed by atoms with Gasteiger partial charge in [0.25, 0.3) is 15.9 Å². The molecular formula is C23H30N6O4S. The molecule has 1 saturated heterocycles. The maximum absolute atomic E-state index is 13.2. The molecule has 1 aliphatic heterocycles. The summed E-state index contributed by atoms with van der Waals surface area (Å²) in [6.07, 6.45) is 1.86. The van der Waals surface area contributed by atoms with Gasteiger partial charge in [0, 0.05) is 21.0 Å². The second-order valence-corrected chi connectivity index (χ2v) is 9.78. The van der Waals surface area contributed by atoms with Crippen molar-refractivity contribution in [1.82, 2.24) is 19.7 Å². The number of methoxy groups -OCH3 is 1. The molecule has 0 spiro atoms. The smallest absolute Gasteiger partial charge is 0.281 e. The molecular weight excluding hydrogens is 456 g/mol. The van der Waals surface area contributed by atoms with Crippen LogP contribution in [0.25, 0.3) is 11.4 Å². The van der Waals surface area contributed by atoms with Gasteiger partial charge < -0.3 is 15.4 Å². The number of anilines is 2. The monoisotopic (exact) mass is 486 g/mol. The highest BCUT2D eigenvalue weighted by atomic mass is 32.2. The molecule has 34 heavy (non-hydrogen) atoms. The number of hydrogen-bond donors (Lipinski definition) is 2. The molecule has 4 rings (SSSR count). The molecule has 0 unspecified atom stereocenters.